The SMILES string of the molecule is C[C@H](NC(=O)CN1C(=O)N[C@](C)(c2ccc(Br)cc2)C1=O)c1cccc2ccccc12. The second-order valence-electron chi connectivity index (χ2n) is 7.81. The number of carbonyl (C=O) groups is 3. The third-order valence-electron chi connectivity index (χ3n) is 5.67. The van der Waals surface area contributed by atoms with Gasteiger partial charge in [0.15, 0.2) is 0 Å². The summed E-state index contributed by atoms with van der Waals surface area (Å²) in [6.45, 7) is 3.19. The van der Waals surface area contributed by atoms with Gasteiger partial charge in [0.2, 0.25) is 5.91 Å². The molecule has 0 radical (unpaired) electrons. The van der Waals surface area contributed by atoms with Gasteiger partial charge in [-0.25, -0.2) is 4.79 Å². The molecule has 0 aliphatic carbocycles. The lowest BCUT2D eigenvalue weighted by Gasteiger charge is -2.22. The smallest absolute Gasteiger partial charge is 0.325 e. The summed E-state index contributed by atoms with van der Waals surface area (Å²) < 4.78 is 0.871. The van der Waals surface area contributed by atoms with Crippen molar-refractivity contribution < 1.29 is 14.4 Å². The number of hydrogen-bond acceptors (Lipinski definition) is 3. The van der Waals surface area contributed by atoms with Gasteiger partial charge in [-0.05, 0) is 47.9 Å². The van der Waals surface area contributed by atoms with E-state index in [1.54, 1.807) is 31.2 Å². The lowest BCUT2D eigenvalue weighted by Crippen LogP contribution is -2.43. The number of hydrogen-bond donors (Lipinski definition) is 2. The Morgan fingerprint density at radius 3 is 2.48 bits per heavy atom. The molecule has 158 valence electrons. The van der Waals surface area contributed by atoms with Gasteiger partial charge in [-0.3, -0.25) is 14.5 Å². The molecule has 0 spiro atoms. The monoisotopic (exact) mass is 479 g/mol. The highest BCUT2D eigenvalue weighted by molar-refractivity contribution is 9.10. The fraction of sp³-hybridized carbons (Fsp3) is 0.208. The van der Waals surface area contributed by atoms with Gasteiger partial charge < -0.3 is 10.6 Å². The van der Waals surface area contributed by atoms with Crippen LogP contribution in [-0.4, -0.2) is 29.3 Å². The van der Waals surface area contributed by atoms with Crippen LogP contribution in [0.5, 0.6) is 0 Å². The quantitative estimate of drug-likeness (QED) is 0.537. The van der Waals surface area contributed by atoms with Crippen LogP contribution in [0.4, 0.5) is 4.79 Å². The summed E-state index contributed by atoms with van der Waals surface area (Å²) >= 11 is 3.36. The maximum absolute atomic E-state index is 13.0. The van der Waals surface area contributed by atoms with Crippen LogP contribution in [0.25, 0.3) is 10.8 Å². The fourth-order valence-electron chi connectivity index (χ4n) is 3.96. The van der Waals surface area contributed by atoms with E-state index in [1.165, 1.54) is 0 Å². The molecule has 2 N–H and O–H groups in total. The Balaban J connectivity index is 1.49. The van der Waals surface area contributed by atoms with Crippen molar-refractivity contribution in [2.45, 2.75) is 25.4 Å². The summed E-state index contributed by atoms with van der Waals surface area (Å²) in [5.74, 6) is -0.850. The molecule has 2 atom stereocenters. The van der Waals surface area contributed by atoms with Crippen molar-refractivity contribution in [2.24, 2.45) is 0 Å². The zero-order chi connectivity index (χ0) is 22.2. The Morgan fingerprint density at radius 2 is 1.74 bits per heavy atom. The van der Waals surface area contributed by atoms with Gasteiger partial charge in [0, 0.05) is 4.47 Å². The minimum Gasteiger partial charge on any atom is -0.348 e. The molecule has 3 aromatic carbocycles. The van der Waals surface area contributed by atoms with Gasteiger partial charge in [0.25, 0.3) is 5.91 Å². The summed E-state index contributed by atoms with van der Waals surface area (Å²) in [5.41, 5.74) is 0.420. The molecule has 3 aromatic rings. The summed E-state index contributed by atoms with van der Waals surface area (Å²) in [5, 5.41) is 7.77. The molecule has 4 amide bonds. The van der Waals surface area contributed by atoms with Crippen molar-refractivity contribution in [3.05, 3.63) is 82.3 Å². The first-order valence-corrected chi connectivity index (χ1v) is 10.8. The number of imide groups is 1. The van der Waals surface area contributed by atoms with Crippen molar-refractivity contribution in [3.8, 4) is 0 Å². The molecule has 0 unspecified atom stereocenters. The molecule has 0 saturated carbocycles. The molecule has 0 bridgehead atoms. The minimum absolute atomic E-state index is 0.280. The summed E-state index contributed by atoms with van der Waals surface area (Å²) in [6.07, 6.45) is 0. The van der Waals surface area contributed by atoms with E-state index in [1.807, 2.05) is 49.4 Å². The first-order chi connectivity index (χ1) is 14.8. The highest BCUT2D eigenvalue weighted by Crippen LogP contribution is 2.30. The van der Waals surface area contributed by atoms with Crippen LogP contribution < -0.4 is 10.6 Å². The first kappa shape index (κ1) is 21.1. The number of carbonyl (C=O) groups excluding carboxylic acids is 3. The van der Waals surface area contributed by atoms with Crippen molar-refractivity contribution in [3.63, 3.8) is 0 Å². The highest BCUT2D eigenvalue weighted by atomic mass is 79.9. The van der Waals surface area contributed by atoms with Gasteiger partial charge >= 0.3 is 6.03 Å². The molecule has 1 fully saturated rings. The molecular weight excluding hydrogens is 458 g/mol. The molecule has 1 heterocycles. The van der Waals surface area contributed by atoms with E-state index in [9.17, 15) is 14.4 Å². The largest absolute Gasteiger partial charge is 0.348 e. The number of benzene rings is 3. The van der Waals surface area contributed by atoms with Crippen molar-refractivity contribution in [1.29, 1.82) is 0 Å². The third-order valence-corrected chi connectivity index (χ3v) is 6.19. The van der Waals surface area contributed by atoms with Crippen LogP contribution in [0.3, 0.4) is 0 Å². The Kier molecular flexibility index (Phi) is 5.54. The lowest BCUT2D eigenvalue weighted by atomic mass is 9.92. The van der Waals surface area contributed by atoms with Crippen molar-refractivity contribution >= 4 is 44.5 Å². The Labute approximate surface area is 188 Å². The third kappa shape index (κ3) is 3.93. The van der Waals surface area contributed by atoms with E-state index >= 15 is 0 Å². The standard InChI is InChI=1S/C24H22BrN3O3/c1-15(19-9-5-7-16-6-3-4-8-20(16)19)26-21(29)14-28-22(30)24(2,27-23(28)31)17-10-12-18(25)13-11-17/h3-13,15H,14H2,1-2H3,(H,26,29)(H,27,31)/t15-,24+/m0/s1. The van der Waals surface area contributed by atoms with E-state index in [4.69, 9.17) is 0 Å². The maximum atomic E-state index is 13.0. The number of urea groups is 1. The van der Waals surface area contributed by atoms with Crippen LogP contribution >= 0.6 is 15.9 Å². The summed E-state index contributed by atoms with van der Waals surface area (Å²) in [4.78, 5) is 39.2. The number of amides is 4. The van der Waals surface area contributed by atoms with Crippen molar-refractivity contribution in [1.82, 2.24) is 15.5 Å². The Morgan fingerprint density at radius 1 is 1.06 bits per heavy atom. The van der Waals surface area contributed by atoms with E-state index in [0.717, 1.165) is 25.7 Å². The molecular formula is C24H22BrN3O3. The number of rotatable bonds is 5. The number of nitrogens with one attached hydrogen (secondary N) is 2. The maximum Gasteiger partial charge on any atom is 0.325 e. The highest BCUT2D eigenvalue weighted by Gasteiger charge is 2.49. The van der Waals surface area contributed by atoms with Crippen LogP contribution in [0.15, 0.2) is 71.2 Å². The molecule has 1 saturated heterocycles. The molecule has 1 aliphatic heterocycles. The summed E-state index contributed by atoms with van der Waals surface area (Å²) in [7, 11) is 0. The second kappa shape index (κ2) is 8.15. The van der Waals surface area contributed by atoms with Crippen molar-refractivity contribution in [2.75, 3.05) is 6.54 Å². The average Bonchev–Trinajstić information content (AvgIpc) is 2.97. The van der Waals surface area contributed by atoms with Gasteiger partial charge in [-0.1, -0.05) is 70.5 Å². The van der Waals surface area contributed by atoms with Crippen LogP contribution in [0.1, 0.15) is 31.0 Å². The fourth-order valence-corrected chi connectivity index (χ4v) is 4.22. The first-order valence-electron chi connectivity index (χ1n) is 9.97. The molecule has 0 aromatic heterocycles. The number of fused-ring (bicyclic) bond motifs is 1. The molecule has 4 rings (SSSR count). The van der Waals surface area contributed by atoms with Gasteiger partial charge in [0.05, 0.1) is 6.04 Å². The van der Waals surface area contributed by atoms with Crippen LogP contribution in [-0.2, 0) is 15.1 Å². The molecule has 1 aliphatic rings. The van der Waals surface area contributed by atoms with E-state index in [2.05, 4.69) is 26.6 Å². The van der Waals surface area contributed by atoms with E-state index in [-0.39, 0.29) is 12.6 Å². The van der Waals surface area contributed by atoms with E-state index < -0.39 is 23.4 Å². The number of halogens is 1. The Bertz CT molecular complexity index is 1170. The predicted molar refractivity (Wildman–Crippen MR) is 122 cm³/mol. The van der Waals surface area contributed by atoms with Gasteiger partial charge in [0.1, 0.15) is 12.1 Å². The second-order valence-corrected chi connectivity index (χ2v) is 8.73. The zero-order valence-corrected chi connectivity index (χ0v) is 18.8. The average molecular weight is 480 g/mol. The molecule has 6 nitrogen and oxygen atoms in total. The van der Waals surface area contributed by atoms with Crippen LogP contribution in [0, 0.1) is 0 Å². The van der Waals surface area contributed by atoms with Gasteiger partial charge in [-0.15, -0.1) is 0 Å². The zero-order valence-electron chi connectivity index (χ0n) is 17.2. The lowest BCUT2D eigenvalue weighted by molar-refractivity contribution is -0.135. The van der Waals surface area contributed by atoms with Gasteiger partial charge in [-0.2, -0.15) is 0 Å². The summed E-state index contributed by atoms with van der Waals surface area (Å²) in [6, 6.07) is 20.2. The predicted octanol–water partition coefficient (Wildman–Crippen LogP) is 4.25. The van der Waals surface area contributed by atoms with Crippen LogP contribution in [0.2, 0.25) is 0 Å². The molecule has 31 heavy (non-hydrogen) atoms. The normalized spacial score (nSPS) is 19.4. The topological polar surface area (TPSA) is 78.5 Å². The number of nitrogens with zero attached hydrogens (tertiary/aromatic N) is 1. The minimum atomic E-state index is -1.21. The Hall–Kier alpha value is -3.19. The van der Waals surface area contributed by atoms with E-state index in [0.29, 0.717) is 5.56 Å². The molecule has 7 heteroatoms.